The fourth-order valence-electron chi connectivity index (χ4n) is 1.90. The summed E-state index contributed by atoms with van der Waals surface area (Å²) in [5, 5.41) is 2.44. The normalized spacial score (nSPS) is 9.75. The summed E-state index contributed by atoms with van der Waals surface area (Å²) in [6, 6.07) is 13.3. The number of carbonyl (C=O) groups is 3. The first-order chi connectivity index (χ1) is 11.5. The molecule has 0 atom stereocenters. The van der Waals surface area contributed by atoms with Gasteiger partial charge in [-0.25, -0.2) is 0 Å². The number of aryl methyl sites for hydroxylation is 1. The lowest BCUT2D eigenvalue weighted by Crippen LogP contribution is -2.46. The maximum absolute atomic E-state index is 11.9. The number of nitrogens with one attached hydrogen (secondary N) is 3. The molecule has 0 aliphatic rings. The third kappa shape index (κ3) is 4.57. The van der Waals surface area contributed by atoms with Crippen LogP contribution in [0, 0.1) is 6.92 Å². The van der Waals surface area contributed by atoms with Crippen molar-refractivity contribution < 1.29 is 19.1 Å². The summed E-state index contributed by atoms with van der Waals surface area (Å²) in [5.41, 5.74) is 5.99. The van der Waals surface area contributed by atoms with Crippen LogP contribution >= 0.6 is 0 Å². The van der Waals surface area contributed by atoms with Crippen molar-refractivity contribution in [1.82, 2.24) is 10.9 Å². The zero-order valence-corrected chi connectivity index (χ0v) is 13.3. The van der Waals surface area contributed by atoms with E-state index < -0.39 is 17.7 Å². The number of carbonyl (C=O) groups excluding carboxylic acids is 3. The highest BCUT2D eigenvalue weighted by Gasteiger charge is 2.15. The molecule has 0 aliphatic carbocycles. The summed E-state index contributed by atoms with van der Waals surface area (Å²) in [4.78, 5) is 35.4. The zero-order valence-electron chi connectivity index (χ0n) is 13.3. The van der Waals surface area contributed by atoms with E-state index in [-0.39, 0.29) is 0 Å². The first-order valence-corrected chi connectivity index (χ1v) is 7.12. The fourth-order valence-corrected chi connectivity index (χ4v) is 1.90. The van der Waals surface area contributed by atoms with E-state index in [1.54, 1.807) is 30.3 Å². The van der Waals surface area contributed by atoms with E-state index in [9.17, 15) is 14.4 Å². The van der Waals surface area contributed by atoms with E-state index in [1.807, 2.05) is 13.0 Å². The highest BCUT2D eigenvalue weighted by Crippen LogP contribution is 2.11. The number of amides is 3. The Morgan fingerprint density at radius 1 is 0.917 bits per heavy atom. The molecule has 3 N–H and O–H groups in total. The van der Waals surface area contributed by atoms with Gasteiger partial charge in [0.2, 0.25) is 0 Å². The van der Waals surface area contributed by atoms with E-state index in [0.717, 1.165) is 5.56 Å². The molecule has 0 aliphatic heterocycles. The van der Waals surface area contributed by atoms with Crippen molar-refractivity contribution in [1.29, 1.82) is 0 Å². The van der Waals surface area contributed by atoms with Crippen molar-refractivity contribution in [3.05, 3.63) is 59.7 Å². The third-order valence-electron chi connectivity index (χ3n) is 3.12. The molecule has 0 heterocycles. The number of anilines is 1. The van der Waals surface area contributed by atoms with E-state index >= 15 is 0 Å². The fraction of sp³-hybridized carbons (Fsp3) is 0.118. The van der Waals surface area contributed by atoms with Gasteiger partial charge in [-0.3, -0.25) is 25.2 Å². The lowest BCUT2D eigenvalue weighted by atomic mass is 10.2. The molecule has 0 unspecified atom stereocenters. The Balaban J connectivity index is 1.87. The minimum atomic E-state index is -0.974. The summed E-state index contributed by atoms with van der Waals surface area (Å²) in [7, 11) is 1.52. The maximum atomic E-state index is 11.9. The third-order valence-corrected chi connectivity index (χ3v) is 3.12. The van der Waals surface area contributed by atoms with Crippen LogP contribution < -0.4 is 20.9 Å². The zero-order chi connectivity index (χ0) is 17.5. The number of hydrazine groups is 1. The molecule has 3 amide bonds. The molecule has 0 radical (unpaired) electrons. The molecule has 2 aromatic carbocycles. The van der Waals surface area contributed by atoms with Crippen LogP contribution in [-0.2, 0) is 9.59 Å². The molecule has 0 saturated heterocycles. The van der Waals surface area contributed by atoms with Gasteiger partial charge in [0, 0.05) is 11.3 Å². The second kappa shape index (κ2) is 7.77. The Labute approximate surface area is 139 Å². The van der Waals surface area contributed by atoms with Gasteiger partial charge in [0.1, 0.15) is 5.75 Å². The topological polar surface area (TPSA) is 96.5 Å². The van der Waals surface area contributed by atoms with Crippen molar-refractivity contribution in [3.8, 4) is 5.75 Å². The largest absolute Gasteiger partial charge is 0.497 e. The SMILES string of the molecule is COc1ccc(C(=O)NNC(=O)C(=O)Nc2cccc(C)c2)cc1. The molecule has 0 fully saturated rings. The molecule has 2 aromatic rings. The number of hydrogen-bond donors (Lipinski definition) is 3. The first kappa shape index (κ1) is 17.0. The molecule has 0 bridgehead atoms. The molecule has 0 spiro atoms. The predicted molar refractivity (Wildman–Crippen MR) is 88.4 cm³/mol. The summed E-state index contributed by atoms with van der Waals surface area (Å²) in [6.45, 7) is 1.87. The van der Waals surface area contributed by atoms with Gasteiger partial charge >= 0.3 is 11.8 Å². The number of ether oxygens (including phenoxy) is 1. The number of benzene rings is 2. The van der Waals surface area contributed by atoms with E-state index in [4.69, 9.17) is 4.74 Å². The Morgan fingerprint density at radius 3 is 2.25 bits per heavy atom. The van der Waals surface area contributed by atoms with Crippen LogP contribution in [0.1, 0.15) is 15.9 Å². The molecular formula is C17H17N3O4. The average molecular weight is 327 g/mol. The van der Waals surface area contributed by atoms with E-state index in [2.05, 4.69) is 16.2 Å². The van der Waals surface area contributed by atoms with Crippen LogP contribution in [0.5, 0.6) is 5.75 Å². The molecule has 0 saturated carbocycles. The van der Waals surface area contributed by atoms with Crippen molar-refractivity contribution in [2.24, 2.45) is 0 Å². The lowest BCUT2D eigenvalue weighted by molar-refractivity contribution is -0.136. The van der Waals surface area contributed by atoms with Crippen molar-refractivity contribution in [2.45, 2.75) is 6.92 Å². The number of rotatable bonds is 3. The van der Waals surface area contributed by atoms with Gasteiger partial charge in [0.15, 0.2) is 0 Å². The van der Waals surface area contributed by atoms with Crippen LogP contribution in [0.25, 0.3) is 0 Å². The average Bonchev–Trinajstić information content (AvgIpc) is 2.59. The second-order valence-corrected chi connectivity index (χ2v) is 4.96. The van der Waals surface area contributed by atoms with Crippen LogP contribution in [0.3, 0.4) is 0 Å². The number of methoxy groups -OCH3 is 1. The number of hydrogen-bond acceptors (Lipinski definition) is 4. The highest BCUT2D eigenvalue weighted by molar-refractivity contribution is 6.39. The summed E-state index contributed by atoms with van der Waals surface area (Å²) in [5.74, 6) is -1.79. The lowest BCUT2D eigenvalue weighted by Gasteiger charge is -2.08. The quantitative estimate of drug-likeness (QED) is 0.586. The van der Waals surface area contributed by atoms with Crippen molar-refractivity contribution in [2.75, 3.05) is 12.4 Å². The first-order valence-electron chi connectivity index (χ1n) is 7.12. The Morgan fingerprint density at radius 2 is 1.62 bits per heavy atom. The van der Waals surface area contributed by atoms with E-state index in [0.29, 0.717) is 17.0 Å². The van der Waals surface area contributed by atoms with Gasteiger partial charge in [-0.1, -0.05) is 12.1 Å². The summed E-state index contributed by atoms with van der Waals surface area (Å²) < 4.78 is 4.99. The predicted octanol–water partition coefficient (Wildman–Crippen LogP) is 1.40. The summed E-state index contributed by atoms with van der Waals surface area (Å²) >= 11 is 0. The Hall–Kier alpha value is -3.35. The monoisotopic (exact) mass is 327 g/mol. The standard InChI is InChI=1S/C17H17N3O4/c1-11-4-3-5-13(10-11)18-16(22)17(23)20-19-15(21)12-6-8-14(24-2)9-7-12/h3-10H,1-2H3,(H,18,22)(H,19,21)(H,20,23). The van der Waals surface area contributed by atoms with Crippen LogP contribution in [0.2, 0.25) is 0 Å². The highest BCUT2D eigenvalue weighted by atomic mass is 16.5. The molecule has 7 nitrogen and oxygen atoms in total. The smallest absolute Gasteiger partial charge is 0.328 e. The van der Waals surface area contributed by atoms with Crippen molar-refractivity contribution in [3.63, 3.8) is 0 Å². The van der Waals surface area contributed by atoms with E-state index in [1.165, 1.54) is 19.2 Å². The van der Waals surface area contributed by atoms with Gasteiger partial charge in [-0.15, -0.1) is 0 Å². The summed E-state index contributed by atoms with van der Waals surface area (Å²) in [6.07, 6.45) is 0. The van der Waals surface area contributed by atoms with Crippen LogP contribution in [-0.4, -0.2) is 24.8 Å². The molecule has 124 valence electrons. The van der Waals surface area contributed by atoms with Gasteiger partial charge in [-0.2, -0.15) is 0 Å². The minimum Gasteiger partial charge on any atom is -0.497 e. The van der Waals surface area contributed by atoms with Crippen LogP contribution in [0.15, 0.2) is 48.5 Å². The second-order valence-electron chi connectivity index (χ2n) is 4.96. The van der Waals surface area contributed by atoms with Crippen molar-refractivity contribution >= 4 is 23.4 Å². The minimum absolute atomic E-state index is 0.315. The molecule has 2 rings (SSSR count). The molecule has 24 heavy (non-hydrogen) atoms. The molecular weight excluding hydrogens is 310 g/mol. The maximum Gasteiger partial charge on any atom is 0.328 e. The molecule has 7 heteroatoms. The van der Waals surface area contributed by atoms with Gasteiger partial charge in [0.25, 0.3) is 5.91 Å². The van der Waals surface area contributed by atoms with Crippen LogP contribution in [0.4, 0.5) is 5.69 Å². The molecule has 0 aromatic heterocycles. The Kier molecular flexibility index (Phi) is 5.51. The van der Waals surface area contributed by atoms with Gasteiger partial charge in [0.05, 0.1) is 7.11 Å². The van der Waals surface area contributed by atoms with Gasteiger partial charge < -0.3 is 10.1 Å². The van der Waals surface area contributed by atoms with Gasteiger partial charge in [-0.05, 0) is 48.9 Å². The Bertz CT molecular complexity index is 757.